The molecular formula is C11H8F3NO2. The molecule has 2 rings (SSSR count). The van der Waals surface area contributed by atoms with Crippen LogP contribution in [0.4, 0.5) is 13.2 Å². The first kappa shape index (κ1) is 11.5. The van der Waals surface area contributed by atoms with Crippen LogP contribution < -0.4 is 10.2 Å². The van der Waals surface area contributed by atoms with Crippen LogP contribution in [0.3, 0.4) is 0 Å². The van der Waals surface area contributed by atoms with E-state index in [0.717, 1.165) is 0 Å². The summed E-state index contributed by atoms with van der Waals surface area (Å²) in [5.41, 5.74) is 0.000425. The number of rotatable bonds is 2. The maximum atomic E-state index is 12.0. The van der Waals surface area contributed by atoms with Crippen LogP contribution in [0.25, 0.3) is 10.9 Å². The molecule has 0 aliphatic heterocycles. The average molecular weight is 243 g/mol. The highest BCUT2D eigenvalue weighted by Crippen LogP contribution is 2.23. The SMILES string of the molecule is O=c1cc[nH]c2c(OCC(F)(F)F)cccc12. The number of hydrogen-bond acceptors (Lipinski definition) is 2. The molecule has 1 aromatic heterocycles. The molecule has 0 spiro atoms. The summed E-state index contributed by atoms with van der Waals surface area (Å²) in [6.07, 6.45) is -3.04. The quantitative estimate of drug-likeness (QED) is 0.880. The summed E-state index contributed by atoms with van der Waals surface area (Å²) in [5, 5.41) is 0.298. The van der Waals surface area contributed by atoms with Crippen LogP contribution in [0.2, 0.25) is 0 Å². The second-order valence-corrected chi connectivity index (χ2v) is 3.42. The number of aromatic amines is 1. The Bertz CT molecular complexity index is 589. The lowest BCUT2D eigenvalue weighted by atomic mass is 10.2. The number of H-pyrrole nitrogens is 1. The van der Waals surface area contributed by atoms with Crippen LogP contribution >= 0.6 is 0 Å². The van der Waals surface area contributed by atoms with Gasteiger partial charge in [0.1, 0.15) is 5.75 Å². The van der Waals surface area contributed by atoms with Gasteiger partial charge in [-0.2, -0.15) is 13.2 Å². The van der Waals surface area contributed by atoms with E-state index in [2.05, 4.69) is 9.72 Å². The van der Waals surface area contributed by atoms with Gasteiger partial charge in [0.2, 0.25) is 0 Å². The number of benzene rings is 1. The van der Waals surface area contributed by atoms with Crippen molar-refractivity contribution in [3.8, 4) is 5.75 Å². The summed E-state index contributed by atoms with van der Waals surface area (Å²) >= 11 is 0. The lowest BCUT2D eigenvalue weighted by Crippen LogP contribution is -2.19. The minimum atomic E-state index is -4.41. The van der Waals surface area contributed by atoms with Gasteiger partial charge in [0.25, 0.3) is 0 Å². The van der Waals surface area contributed by atoms with E-state index in [9.17, 15) is 18.0 Å². The molecule has 1 aromatic carbocycles. The van der Waals surface area contributed by atoms with Gasteiger partial charge in [0.15, 0.2) is 12.0 Å². The van der Waals surface area contributed by atoms with Crippen molar-refractivity contribution >= 4 is 10.9 Å². The van der Waals surface area contributed by atoms with Gasteiger partial charge in [-0.1, -0.05) is 6.07 Å². The predicted molar refractivity (Wildman–Crippen MR) is 56.1 cm³/mol. The second kappa shape index (κ2) is 4.12. The Morgan fingerprint density at radius 2 is 2.00 bits per heavy atom. The molecule has 90 valence electrons. The van der Waals surface area contributed by atoms with E-state index in [1.165, 1.54) is 30.5 Å². The van der Waals surface area contributed by atoms with Gasteiger partial charge < -0.3 is 9.72 Å². The zero-order valence-corrected chi connectivity index (χ0v) is 8.54. The summed E-state index contributed by atoms with van der Waals surface area (Å²) in [6.45, 7) is -1.39. The molecule has 0 radical (unpaired) electrons. The molecule has 2 aromatic rings. The Labute approximate surface area is 93.8 Å². The number of nitrogens with one attached hydrogen (secondary N) is 1. The third-order valence-corrected chi connectivity index (χ3v) is 2.15. The number of para-hydroxylation sites is 1. The van der Waals surface area contributed by atoms with E-state index in [4.69, 9.17) is 0 Å². The van der Waals surface area contributed by atoms with Crippen LogP contribution in [0.15, 0.2) is 35.3 Å². The van der Waals surface area contributed by atoms with Crippen molar-refractivity contribution in [3.05, 3.63) is 40.7 Å². The molecule has 0 aliphatic rings. The second-order valence-electron chi connectivity index (χ2n) is 3.42. The van der Waals surface area contributed by atoms with E-state index in [0.29, 0.717) is 5.39 Å². The largest absolute Gasteiger partial charge is 0.482 e. The lowest BCUT2D eigenvalue weighted by molar-refractivity contribution is -0.153. The zero-order valence-electron chi connectivity index (χ0n) is 8.54. The molecular weight excluding hydrogens is 235 g/mol. The van der Waals surface area contributed by atoms with Crippen molar-refractivity contribution in [1.82, 2.24) is 4.98 Å². The molecule has 0 bridgehead atoms. The van der Waals surface area contributed by atoms with Crippen LogP contribution in [0.1, 0.15) is 0 Å². The summed E-state index contributed by atoms with van der Waals surface area (Å²) in [6, 6.07) is 5.68. The highest BCUT2D eigenvalue weighted by atomic mass is 19.4. The molecule has 6 heteroatoms. The third-order valence-electron chi connectivity index (χ3n) is 2.15. The Morgan fingerprint density at radius 3 is 2.71 bits per heavy atom. The summed E-state index contributed by atoms with van der Waals surface area (Å²) in [7, 11) is 0. The van der Waals surface area contributed by atoms with Crippen LogP contribution in [-0.2, 0) is 0 Å². The zero-order chi connectivity index (χ0) is 12.5. The molecule has 0 saturated heterocycles. The van der Waals surface area contributed by atoms with E-state index in [-0.39, 0.29) is 16.7 Å². The van der Waals surface area contributed by atoms with E-state index in [1.807, 2.05) is 0 Å². The van der Waals surface area contributed by atoms with Gasteiger partial charge in [-0.25, -0.2) is 0 Å². The predicted octanol–water partition coefficient (Wildman–Crippen LogP) is 2.47. The highest BCUT2D eigenvalue weighted by Gasteiger charge is 2.28. The molecule has 1 heterocycles. The molecule has 0 aliphatic carbocycles. The Morgan fingerprint density at radius 1 is 1.24 bits per heavy atom. The topological polar surface area (TPSA) is 42.1 Å². The lowest BCUT2D eigenvalue weighted by Gasteiger charge is -2.10. The fourth-order valence-electron chi connectivity index (χ4n) is 1.46. The van der Waals surface area contributed by atoms with Crippen LogP contribution in [-0.4, -0.2) is 17.8 Å². The van der Waals surface area contributed by atoms with Gasteiger partial charge in [-0.15, -0.1) is 0 Å². The van der Waals surface area contributed by atoms with Crippen LogP contribution in [0.5, 0.6) is 5.75 Å². The standard InChI is InChI=1S/C11H8F3NO2/c12-11(13,14)6-17-9-3-1-2-7-8(16)4-5-15-10(7)9/h1-5H,6H2,(H,15,16). The van der Waals surface area contributed by atoms with E-state index in [1.54, 1.807) is 0 Å². The van der Waals surface area contributed by atoms with Crippen molar-refractivity contribution < 1.29 is 17.9 Å². The maximum Gasteiger partial charge on any atom is 0.422 e. The highest BCUT2D eigenvalue weighted by molar-refractivity contribution is 5.83. The van der Waals surface area contributed by atoms with Crippen molar-refractivity contribution in [2.24, 2.45) is 0 Å². The minimum Gasteiger partial charge on any atom is -0.482 e. The number of pyridine rings is 1. The smallest absolute Gasteiger partial charge is 0.422 e. The fourth-order valence-corrected chi connectivity index (χ4v) is 1.46. The number of halogens is 3. The number of alkyl halides is 3. The molecule has 0 saturated carbocycles. The van der Waals surface area contributed by atoms with Crippen LogP contribution in [0, 0.1) is 0 Å². The average Bonchev–Trinajstić information content (AvgIpc) is 2.26. The van der Waals surface area contributed by atoms with Gasteiger partial charge in [0, 0.05) is 17.6 Å². The maximum absolute atomic E-state index is 12.0. The molecule has 3 nitrogen and oxygen atoms in total. The number of aromatic nitrogens is 1. The van der Waals surface area contributed by atoms with Gasteiger partial charge >= 0.3 is 6.18 Å². The molecule has 0 unspecified atom stereocenters. The summed E-state index contributed by atoms with van der Waals surface area (Å²) in [4.78, 5) is 14.1. The summed E-state index contributed by atoms with van der Waals surface area (Å²) in [5.74, 6) is 0.0116. The van der Waals surface area contributed by atoms with Crippen molar-refractivity contribution in [1.29, 1.82) is 0 Å². The third kappa shape index (κ3) is 2.58. The van der Waals surface area contributed by atoms with Crippen molar-refractivity contribution in [2.45, 2.75) is 6.18 Å². The van der Waals surface area contributed by atoms with Gasteiger partial charge in [-0.05, 0) is 12.1 Å². The molecule has 17 heavy (non-hydrogen) atoms. The Balaban J connectivity index is 2.42. The van der Waals surface area contributed by atoms with E-state index < -0.39 is 12.8 Å². The van der Waals surface area contributed by atoms with Crippen molar-refractivity contribution in [3.63, 3.8) is 0 Å². The molecule has 1 N–H and O–H groups in total. The molecule has 0 atom stereocenters. The molecule has 0 fully saturated rings. The number of hydrogen-bond donors (Lipinski definition) is 1. The van der Waals surface area contributed by atoms with Gasteiger partial charge in [-0.3, -0.25) is 4.79 Å². The fraction of sp³-hybridized carbons (Fsp3) is 0.182. The monoisotopic (exact) mass is 243 g/mol. The van der Waals surface area contributed by atoms with E-state index >= 15 is 0 Å². The molecule has 0 amide bonds. The number of fused-ring (bicyclic) bond motifs is 1. The first-order chi connectivity index (χ1) is 7.97. The minimum absolute atomic E-state index is 0.0116. The summed E-state index contributed by atoms with van der Waals surface area (Å²) < 4.78 is 40.7. The normalized spacial score (nSPS) is 11.7. The Kier molecular flexibility index (Phi) is 2.79. The first-order valence-electron chi connectivity index (χ1n) is 4.77. The van der Waals surface area contributed by atoms with Crippen molar-refractivity contribution in [2.75, 3.05) is 6.61 Å². The first-order valence-corrected chi connectivity index (χ1v) is 4.77. The Hall–Kier alpha value is -1.98. The number of ether oxygens (including phenoxy) is 1. The van der Waals surface area contributed by atoms with Gasteiger partial charge in [0.05, 0.1) is 5.52 Å².